The maximum atomic E-state index is 11.9. The number of pyridine rings is 1. The van der Waals surface area contributed by atoms with Crippen LogP contribution < -0.4 is 11.1 Å². The number of nitrogen functional groups attached to an aromatic ring is 1. The van der Waals surface area contributed by atoms with E-state index in [0.29, 0.717) is 24.5 Å². The average molecular weight is 221 g/mol. The quantitative estimate of drug-likeness (QED) is 0.765. The smallest absolute Gasteiger partial charge is 0.255 e. The minimum Gasteiger partial charge on any atom is -0.398 e. The molecule has 1 aliphatic heterocycles. The Kier molecular flexibility index (Phi) is 2.78. The molecule has 0 spiro atoms. The molecule has 0 aliphatic carbocycles. The number of carbonyl (C=O) groups excluding carboxylic acids is 1. The van der Waals surface area contributed by atoms with Crippen LogP contribution in [0.1, 0.15) is 23.7 Å². The SMILES string of the molecule is CC1(NC(=O)c2cnccc2N)CCOC1. The summed E-state index contributed by atoms with van der Waals surface area (Å²) in [5.41, 5.74) is 6.27. The van der Waals surface area contributed by atoms with Crippen LogP contribution in [0, 0.1) is 0 Å². The van der Waals surface area contributed by atoms with Gasteiger partial charge in [0.05, 0.1) is 17.7 Å². The zero-order valence-corrected chi connectivity index (χ0v) is 9.19. The molecule has 86 valence electrons. The van der Waals surface area contributed by atoms with Gasteiger partial charge in [0.2, 0.25) is 0 Å². The summed E-state index contributed by atoms with van der Waals surface area (Å²) >= 11 is 0. The first-order valence-electron chi connectivity index (χ1n) is 5.20. The standard InChI is InChI=1S/C11H15N3O2/c1-11(3-5-16-7-11)14-10(15)8-6-13-4-2-9(8)12/h2,4,6H,3,5,7H2,1H3,(H2,12,13)(H,14,15). The van der Waals surface area contributed by atoms with Gasteiger partial charge in [-0.05, 0) is 19.4 Å². The van der Waals surface area contributed by atoms with Crippen molar-refractivity contribution in [1.29, 1.82) is 0 Å². The molecular formula is C11H15N3O2. The third-order valence-corrected chi connectivity index (χ3v) is 2.73. The number of amides is 1. The highest BCUT2D eigenvalue weighted by atomic mass is 16.5. The van der Waals surface area contributed by atoms with E-state index < -0.39 is 0 Å². The summed E-state index contributed by atoms with van der Waals surface area (Å²) < 4.78 is 5.27. The Hall–Kier alpha value is -1.62. The summed E-state index contributed by atoms with van der Waals surface area (Å²) in [7, 11) is 0. The fourth-order valence-corrected chi connectivity index (χ4v) is 1.70. The number of hydrogen-bond donors (Lipinski definition) is 2. The van der Waals surface area contributed by atoms with Crippen molar-refractivity contribution in [2.45, 2.75) is 18.9 Å². The summed E-state index contributed by atoms with van der Waals surface area (Å²) in [5, 5.41) is 2.93. The van der Waals surface area contributed by atoms with E-state index in [1.54, 1.807) is 12.3 Å². The second-order valence-electron chi connectivity index (χ2n) is 4.28. The number of nitrogens with two attached hydrogens (primary N) is 1. The van der Waals surface area contributed by atoms with Crippen molar-refractivity contribution < 1.29 is 9.53 Å². The number of anilines is 1. The molecule has 1 saturated heterocycles. The molecule has 3 N–H and O–H groups in total. The molecule has 1 amide bonds. The number of nitrogens with zero attached hydrogens (tertiary/aromatic N) is 1. The first kappa shape index (κ1) is 10.9. The van der Waals surface area contributed by atoms with E-state index in [2.05, 4.69) is 10.3 Å². The van der Waals surface area contributed by atoms with E-state index >= 15 is 0 Å². The van der Waals surface area contributed by atoms with Crippen molar-refractivity contribution in [2.75, 3.05) is 18.9 Å². The lowest BCUT2D eigenvalue weighted by atomic mass is 10.0. The van der Waals surface area contributed by atoms with Crippen LogP contribution in [0.2, 0.25) is 0 Å². The fraction of sp³-hybridized carbons (Fsp3) is 0.455. The van der Waals surface area contributed by atoms with Gasteiger partial charge >= 0.3 is 0 Å². The molecule has 2 heterocycles. The first-order valence-corrected chi connectivity index (χ1v) is 5.20. The van der Waals surface area contributed by atoms with Crippen molar-refractivity contribution in [3.63, 3.8) is 0 Å². The summed E-state index contributed by atoms with van der Waals surface area (Å²) in [6.45, 7) is 3.18. The second kappa shape index (κ2) is 4.09. The molecule has 0 radical (unpaired) electrons. The van der Waals surface area contributed by atoms with Gasteiger partial charge in [-0.1, -0.05) is 0 Å². The van der Waals surface area contributed by atoms with Crippen LogP contribution >= 0.6 is 0 Å². The normalized spacial score (nSPS) is 24.3. The molecule has 5 nitrogen and oxygen atoms in total. The number of hydrogen-bond acceptors (Lipinski definition) is 4. The molecule has 1 unspecified atom stereocenters. The minimum absolute atomic E-state index is 0.196. The zero-order valence-electron chi connectivity index (χ0n) is 9.19. The Labute approximate surface area is 94.0 Å². The Morgan fingerprint density at radius 2 is 2.50 bits per heavy atom. The summed E-state index contributed by atoms with van der Waals surface area (Å²) in [5.74, 6) is -0.196. The van der Waals surface area contributed by atoms with Gasteiger partial charge in [-0.15, -0.1) is 0 Å². The number of nitrogens with one attached hydrogen (secondary N) is 1. The van der Waals surface area contributed by atoms with Crippen LogP contribution in [0.4, 0.5) is 5.69 Å². The number of ether oxygens (including phenoxy) is 1. The van der Waals surface area contributed by atoms with Crippen molar-refractivity contribution in [3.05, 3.63) is 24.0 Å². The predicted molar refractivity (Wildman–Crippen MR) is 60.0 cm³/mol. The van der Waals surface area contributed by atoms with Gasteiger partial charge in [0.25, 0.3) is 5.91 Å². The Morgan fingerprint density at radius 3 is 3.12 bits per heavy atom. The molecule has 0 aromatic carbocycles. The molecule has 1 aromatic heterocycles. The van der Waals surface area contributed by atoms with Crippen molar-refractivity contribution >= 4 is 11.6 Å². The highest BCUT2D eigenvalue weighted by molar-refractivity contribution is 5.99. The van der Waals surface area contributed by atoms with Crippen molar-refractivity contribution in [1.82, 2.24) is 10.3 Å². The van der Waals surface area contributed by atoms with Gasteiger partial charge in [0, 0.05) is 24.7 Å². The monoisotopic (exact) mass is 221 g/mol. The molecule has 0 saturated carbocycles. The molecule has 1 fully saturated rings. The van der Waals surface area contributed by atoms with Gasteiger partial charge in [-0.2, -0.15) is 0 Å². The third kappa shape index (κ3) is 2.14. The highest BCUT2D eigenvalue weighted by Crippen LogP contribution is 2.19. The average Bonchev–Trinajstić information content (AvgIpc) is 2.65. The number of rotatable bonds is 2. The Morgan fingerprint density at radius 1 is 1.69 bits per heavy atom. The lowest BCUT2D eigenvalue weighted by Gasteiger charge is -2.23. The predicted octanol–water partition coefficient (Wildman–Crippen LogP) is 0.573. The van der Waals surface area contributed by atoms with Gasteiger partial charge in [0.1, 0.15) is 0 Å². The van der Waals surface area contributed by atoms with Crippen LogP contribution in [-0.2, 0) is 4.74 Å². The van der Waals surface area contributed by atoms with Crippen LogP contribution in [0.15, 0.2) is 18.5 Å². The molecular weight excluding hydrogens is 206 g/mol. The maximum Gasteiger partial charge on any atom is 0.255 e. The topological polar surface area (TPSA) is 77.2 Å². The van der Waals surface area contributed by atoms with Crippen LogP contribution in [0.3, 0.4) is 0 Å². The Balaban J connectivity index is 2.11. The van der Waals surface area contributed by atoms with Crippen LogP contribution in [0.5, 0.6) is 0 Å². The van der Waals surface area contributed by atoms with Crippen molar-refractivity contribution in [2.24, 2.45) is 0 Å². The Bertz CT molecular complexity index is 400. The van der Waals surface area contributed by atoms with Crippen LogP contribution in [0.25, 0.3) is 0 Å². The van der Waals surface area contributed by atoms with Gasteiger partial charge in [0.15, 0.2) is 0 Å². The molecule has 1 aliphatic rings. The molecule has 5 heteroatoms. The first-order chi connectivity index (χ1) is 7.61. The molecule has 16 heavy (non-hydrogen) atoms. The van der Waals surface area contributed by atoms with E-state index in [1.807, 2.05) is 6.92 Å². The van der Waals surface area contributed by atoms with E-state index in [1.165, 1.54) is 6.20 Å². The molecule has 2 rings (SSSR count). The summed E-state index contributed by atoms with van der Waals surface area (Å²) in [4.78, 5) is 15.8. The number of aromatic nitrogens is 1. The van der Waals surface area contributed by atoms with Gasteiger partial charge in [-0.3, -0.25) is 9.78 Å². The lowest BCUT2D eigenvalue weighted by Crippen LogP contribution is -2.46. The highest BCUT2D eigenvalue weighted by Gasteiger charge is 2.31. The second-order valence-corrected chi connectivity index (χ2v) is 4.28. The van der Waals surface area contributed by atoms with Crippen LogP contribution in [-0.4, -0.2) is 29.6 Å². The van der Waals surface area contributed by atoms with E-state index in [0.717, 1.165) is 6.42 Å². The van der Waals surface area contributed by atoms with Gasteiger partial charge in [-0.25, -0.2) is 0 Å². The van der Waals surface area contributed by atoms with E-state index in [4.69, 9.17) is 10.5 Å². The molecule has 0 bridgehead atoms. The fourth-order valence-electron chi connectivity index (χ4n) is 1.70. The molecule has 1 atom stereocenters. The minimum atomic E-state index is -0.292. The zero-order chi connectivity index (χ0) is 11.6. The van der Waals surface area contributed by atoms with E-state index in [9.17, 15) is 4.79 Å². The van der Waals surface area contributed by atoms with Gasteiger partial charge < -0.3 is 15.8 Å². The lowest BCUT2D eigenvalue weighted by molar-refractivity contribution is 0.0890. The summed E-state index contributed by atoms with van der Waals surface area (Å²) in [6.07, 6.45) is 3.86. The molecule has 1 aromatic rings. The van der Waals surface area contributed by atoms with Crippen molar-refractivity contribution in [3.8, 4) is 0 Å². The van der Waals surface area contributed by atoms with E-state index in [-0.39, 0.29) is 11.4 Å². The number of carbonyl (C=O) groups is 1. The largest absolute Gasteiger partial charge is 0.398 e. The summed E-state index contributed by atoms with van der Waals surface area (Å²) in [6, 6.07) is 1.61. The third-order valence-electron chi connectivity index (χ3n) is 2.73. The maximum absolute atomic E-state index is 11.9.